The summed E-state index contributed by atoms with van der Waals surface area (Å²) in [6, 6.07) is 7.91. The van der Waals surface area contributed by atoms with Crippen molar-refractivity contribution in [3.8, 4) is 0 Å². The number of carbonyl (C=O) groups is 1. The summed E-state index contributed by atoms with van der Waals surface area (Å²) in [4.78, 5) is 16.0. The minimum absolute atomic E-state index is 0.0896. The van der Waals surface area contributed by atoms with Crippen molar-refractivity contribution in [3.63, 3.8) is 0 Å². The van der Waals surface area contributed by atoms with Gasteiger partial charge in [0.25, 0.3) is 0 Å². The van der Waals surface area contributed by atoms with Crippen molar-refractivity contribution < 1.29 is 14.6 Å². The number of aliphatic hydroxyl groups is 1. The van der Waals surface area contributed by atoms with E-state index in [1.807, 2.05) is 31.2 Å². The van der Waals surface area contributed by atoms with Crippen molar-refractivity contribution in [2.75, 3.05) is 31.1 Å². The Morgan fingerprint density at radius 3 is 2.81 bits per heavy atom. The predicted molar refractivity (Wildman–Crippen MR) is 80.5 cm³/mol. The van der Waals surface area contributed by atoms with Crippen LogP contribution in [0.2, 0.25) is 0 Å². The minimum Gasteiger partial charge on any atom is -0.443 e. The number of ether oxygens (including phenoxy) is 1. The van der Waals surface area contributed by atoms with Crippen LogP contribution in [-0.2, 0) is 4.74 Å². The maximum Gasteiger partial charge on any atom is 0.414 e. The second-order valence-electron chi connectivity index (χ2n) is 5.99. The average molecular weight is 290 g/mol. The van der Waals surface area contributed by atoms with Gasteiger partial charge in [-0.3, -0.25) is 9.80 Å². The molecule has 1 unspecified atom stereocenters. The lowest BCUT2D eigenvalue weighted by molar-refractivity contribution is 0.0552. The summed E-state index contributed by atoms with van der Waals surface area (Å²) < 4.78 is 5.48. The Morgan fingerprint density at radius 2 is 2.10 bits per heavy atom. The van der Waals surface area contributed by atoms with Crippen LogP contribution < -0.4 is 4.90 Å². The standard InChI is InChI=1S/C16H22N2O3/c1-12-3-2-4-13(9-12)18-11-15(21-16(18)20)10-17-7-5-14(19)6-8-17/h2-4,9,14-15,19H,5-8,10-11H2,1H3. The van der Waals surface area contributed by atoms with E-state index in [0.29, 0.717) is 6.54 Å². The number of carbonyl (C=O) groups excluding carboxylic acids is 1. The summed E-state index contributed by atoms with van der Waals surface area (Å²) in [5.41, 5.74) is 2.03. The van der Waals surface area contributed by atoms with E-state index < -0.39 is 0 Å². The lowest BCUT2D eigenvalue weighted by Crippen LogP contribution is -2.41. The second-order valence-corrected chi connectivity index (χ2v) is 5.99. The Hall–Kier alpha value is -1.59. The van der Waals surface area contributed by atoms with Crippen LogP contribution >= 0.6 is 0 Å². The third kappa shape index (κ3) is 3.36. The van der Waals surface area contributed by atoms with Crippen LogP contribution in [0.4, 0.5) is 10.5 Å². The number of hydrogen-bond donors (Lipinski definition) is 1. The van der Waals surface area contributed by atoms with Crippen molar-refractivity contribution in [1.82, 2.24) is 4.90 Å². The Kier molecular flexibility index (Phi) is 4.12. The van der Waals surface area contributed by atoms with Gasteiger partial charge in [-0.2, -0.15) is 0 Å². The fourth-order valence-electron chi connectivity index (χ4n) is 3.01. The Balaban J connectivity index is 1.60. The molecule has 2 aliphatic rings. The maximum absolute atomic E-state index is 12.0. The number of cyclic esters (lactones) is 1. The van der Waals surface area contributed by atoms with E-state index in [9.17, 15) is 9.90 Å². The van der Waals surface area contributed by atoms with E-state index in [-0.39, 0.29) is 18.3 Å². The highest BCUT2D eigenvalue weighted by molar-refractivity contribution is 5.89. The summed E-state index contributed by atoms with van der Waals surface area (Å²) in [6.45, 7) is 5.11. The molecule has 21 heavy (non-hydrogen) atoms. The fourth-order valence-corrected chi connectivity index (χ4v) is 3.01. The average Bonchev–Trinajstić information content (AvgIpc) is 2.82. The lowest BCUT2D eigenvalue weighted by Gasteiger charge is -2.30. The molecule has 1 aromatic rings. The van der Waals surface area contributed by atoms with E-state index in [4.69, 9.17) is 4.74 Å². The Bertz CT molecular complexity index is 512. The number of aliphatic hydroxyl groups excluding tert-OH is 1. The number of likely N-dealkylation sites (tertiary alicyclic amines) is 1. The molecule has 114 valence electrons. The number of rotatable bonds is 3. The van der Waals surface area contributed by atoms with E-state index in [1.54, 1.807) is 4.90 Å². The first-order valence-corrected chi connectivity index (χ1v) is 7.57. The molecule has 1 aromatic carbocycles. The number of amides is 1. The molecular weight excluding hydrogens is 268 g/mol. The van der Waals surface area contributed by atoms with Crippen LogP contribution in [0.25, 0.3) is 0 Å². The summed E-state index contributed by atoms with van der Waals surface area (Å²) in [5, 5.41) is 9.53. The van der Waals surface area contributed by atoms with Gasteiger partial charge < -0.3 is 9.84 Å². The van der Waals surface area contributed by atoms with Gasteiger partial charge in [0, 0.05) is 25.3 Å². The van der Waals surface area contributed by atoms with Crippen molar-refractivity contribution in [2.45, 2.75) is 32.0 Å². The molecule has 1 atom stereocenters. The zero-order valence-electron chi connectivity index (χ0n) is 12.4. The largest absolute Gasteiger partial charge is 0.443 e. The van der Waals surface area contributed by atoms with Crippen LogP contribution in [0.3, 0.4) is 0 Å². The third-order valence-electron chi connectivity index (χ3n) is 4.21. The highest BCUT2D eigenvalue weighted by Crippen LogP contribution is 2.23. The van der Waals surface area contributed by atoms with Crippen LogP contribution in [0.15, 0.2) is 24.3 Å². The first-order chi connectivity index (χ1) is 10.1. The molecule has 1 N–H and O–H groups in total. The van der Waals surface area contributed by atoms with Gasteiger partial charge >= 0.3 is 6.09 Å². The molecule has 5 nitrogen and oxygen atoms in total. The SMILES string of the molecule is Cc1cccc(N2CC(CN3CCC(O)CC3)OC2=O)c1. The number of piperidine rings is 1. The van der Waals surface area contributed by atoms with Crippen LogP contribution in [0.5, 0.6) is 0 Å². The molecule has 0 aromatic heterocycles. The van der Waals surface area contributed by atoms with Crippen LogP contribution in [-0.4, -0.2) is 54.5 Å². The molecule has 2 fully saturated rings. The number of aryl methyl sites for hydroxylation is 1. The molecule has 0 aliphatic carbocycles. The molecule has 0 bridgehead atoms. The molecule has 5 heteroatoms. The zero-order valence-corrected chi connectivity index (χ0v) is 12.4. The van der Waals surface area contributed by atoms with Crippen molar-refractivity contribution in [3.05, 3.63) is 29.8 Å². The smallest absolute Gasteiger partial charge is 0.414 e. The maximum atomic E-state index is 12.0. The molecule has 2 heterocycles. The molecule has 0 spiro atoms. The first kappa shape index (κ1) is 14.4. The van der Waals surface area contributed by atoms with E-state index >= 15 is 0 Å². The summed E-state index contributed by atoms with van der Waals surface area (Å²) in [5.74, 6) is 0. The summed E-state index contributed by atoms with van der Waals surface area (Å²) in [6.07, 6.45) is 1.09. The number of anilines is 1. The van der Waals surface area contributed by atoms with Gasteiger partial charge in [0.2, 0.25) is 0 Å². The zero-order chi connectivity index (χ0) is 14.8. The number of nitrogens with zero attached hydrogens (tertiary/aromatic N) is 2. The van der Waals surface area contributed by atoms with Gasteiger partial charge in [-0.25, -0.2) is 4.79 Å². The lowest BCUT2D eigenvalue weighted by atomic mass is 10.1. The number of hydrogen-bond acceptors (Lipinski definition) is 4. The van der Waals surface area contributed by atoms with Crippen molar-refractivity contribution in [1.29, 1.82) is 0 Å². The summed E-state index contributed by atoms with van der Waals surface area (Å²) >= 11 is 0. The Labute approximate surface area is 125 Å². The molecule has 3 rings (SSSR count). The summed E-state index contributed by atoms with van der Waals surface area (Å²) in [7, 11) is 0. The van der Waals surface area contributed by atoms with Crippen molar-refractivity contribution in [2.24, 2.45) is 0 Å². The van der Waals surface area contributed by atoms with E-state index in [0.717, 1.165) is 43.7 Å². The highest BCUT2D eigenvalue weighted by atomic mass is 16.6. The van der Waals surface area contributed by atoms with Gasteiger partial charge in [-0.1, -0.05) is 12.1 Å². The Morgan fingerprint density at radius 1 is 1.33 bits per heavy atom. The molecular formula is C16H22N2O3. The highest BCUT2D eigenvalue weighted by Gasteiger charge is 2.34. The third-order valence-corrected chi connectivity index (χ3v) is 4.21. The van der Waals surface area contributed by atoms with Gasteiger partial charge in [0.15, 0.2) is 0 Å². The van der Waals surface area contributed by atoms with E-state index in [1.165, 1.54) is 0 Å². The van der Waals surface area contributed by atoms with Crippen LogP contribution in [0, 0.1) is 6.92 Å². The molecule has 0 radical (unpaired) electrons. The fraction of sp³-hybridized carbons (Fsp3) is 0.562. The molecule has 0 saturated carbocycles. The molecule has 2 aliphatic heterocycles. The molecule has 2 saturated heterocycles. The van der Waals surface area contributed by atoms with E-state index in [2.05, 4.69) is 4.90 Å². The molecule has 1 amide bonds. The predicted octanol–water partition coefficient (Wildman–Crippen LogP) is 1.78. The van der Waals surface area contributed by atoms with Gasteiger partial charge in [0.05, 0.1) is 12.6 Å². The van der Waals surface area contributed by atoms with Gasteiger partial charge in [0.1, 0.15) is 6.10 Å². The topological polar surface area (TPSA) is 53.0 Å². The van der Waals surface area contributed by atoms with Crippen LogP contribution in [0.1, 0.15) is 18.4 Å². The number of benzene rings is 1. The van der Waals surface area contributed by atoms with Crippen molar-refractivity contribution >= 4 is 11.8 Å². The van der Waals surface area contributed by atoms with Gasteiger partial charge in [-0.15, -0.1) is 0 Å². The first-order valence-electron chi connectivity index (χ1n) is 7.57. The minimum atomic E-state index is -0.261. The van der Waals surface area contributed by atoms with Gasteiger partial charge in [-0.05, 0) is 37.5 Å². The monoisotopic (exact) mass is 290 g/mol. The normalized spacial score (nSPS) is 24.4. The quantitative estimate of drug-likeness (QED) is 0.922. The second kappa shape index (κ2) is 6.03.